The van der Waals surface area contributed by atoms with Crippen LogP contribution in [-0.4, -0.2) is 11.7 Å². The number of alkyl halides is 6. The molecule has 0 fully saturated rings. The van der Waals surface area contributed by atoms with Crippen molar-refractivity contribution in [2.75, 3.05) is 5.88 Å². The van der Waals surface area contributed by atoms with E-state index in [2.05, 4.69) is 0 Å². The van der Waals surface area contributed by atoms with Crippen LogP contribution in [-0.2, 0) is 6.18 Å². The fourth-order valence-electron chi connectivity index (χ4n) is 1.40. The molecule has 100 valence electrons. The zero-order valence-electron chi connectivity index (χ0n) is 8.90. The third-order valence-electron chi connectivity index (χ3n) is 2.24. The Morgan fingerprint density at radius 3 is 2.33 bits per heavy atom. The summed E-state index contributed by atoms with van der Waals surface area (Å²) in [5, 5.41) is 0. The van der Waals surface area contributed by atoms with Gasteiger partial charge in [-0.25, -0.2) is 8.78 Å². The monoisotopic (exact) mass is 286 g/mol. The van der Waals surface area contributed by atoms with Crippen molar-refractivity contribution in [3.63, 3.8) is 0 Å². The Kier molecular flexibility index (Phi) is 4.67. The van der Waals surface area contributed by atoms with Gasteiger partial charge < -0.3 is 0 Å². The van der Waals surface area contributed by atoms with Gasteiger partial charge in [0.25, 0.3) is 6.43 Å². The highest BCUT2D eigenvalue weighted by atomic mass is 35.5. The van der Waals surface area contributed by atoms with Crippen molar-refractivity contribution in [3.05, 3.63) is 34.9 Å². The van der Waals surface area contributed by atoms with E-state index in [1.54, 1.807) is 0 Å². The fourth-order valence-corrected chi connectivity index (χ4v) is 1.57. The standard InChI is InChI=1S/C11H8ClF5O/c12-4-3-9(18)6-1-2-7(10(13)14)8(5-6)11(15,16)17/h1-2,5,10H,3-4H2. The lowest BCUT2D eigenvalue weighted by molar-refractivity contribution is -0.139. The molecule has 0 aromatic heterocycles. The summed E-state index contributed by atoms with van der Waals surface area (Å²) in [4.78, 5) is 11.4. The average Bonchev–Trinajstić information content (AvgIpc) is 2.27. The van der Waals surface area contributed by atoms with Crippen molar-refractivity contribution in [2.24, 2.45) is 0 Å². The van der Waals surface area contributed by atoms with E-state index in [4.69, 9.17) is 11.6 Å². The van der Waals surface area contributed by atoms with Gasteiger partial charge in [0.1, 0.15) is 0 Å². The predicted molar refractivity (Wildman–Crippen MR) is 56.1 cm³/mol. The Morgan fingerprint density at radius 1 is 1.28 bits per heavy atom. The molecule has 0 saturated heterocycles. The van der Waals surface area contributed by atoms with Crippen LogP contribution in [0.5, 0.6) is 0 Å². The molecule has 1 aromatic rings. The minimum atomic E-state index is -4.93. The van der Waals surface area contributed by atoms with Crippen LogP contribution >= 0.6 is 11.6 Å². The van der Waals surface area contributed by atoms with Gasteiger partial charge >= 0.3 is 6.18 Å². The van der Waals surface area contributed by atoms with Crippen molar-refractivity contribution < 1.29 is 26.7 Å². The van der Waals surface area contributed by atoms with Crippen molar-refractivity contribution in [1.29, 1.82) is 0 Å². The quantitative estimate of drug-likeness (QED) is 0.454. The molecule has 0 aliphatic carbocycles. The second-order valence-corrected chi connectivity index (χ2v) is 3.84. The zero-order valence-corrected chi connectivity index (χ0v) is 9.66. The van der Waals surface area contributed by atoms with E-state index in [-0.39, 0.29) is 17.9 Å². The smallest absolute Gasteiger partial charge is 0.294 e. The van der Waals surface area contributed by atoms with E-state index in [0.717, 1.165) is 6.07 Å². The maximum atomic E-state index is 12.6. The van der Waals surface area contributed by atoms with Crippen LogP contribution in [0, 0.1) is 0 Å². The Balaban J connectivity index is 3.26. The molecule has 0 atom stereocenters. The zero-order chi connectivity index (χ0) is 13.9. The lowest BCUT2D eigenvalue weighted by atomic mass is 10.0. The number of Topliss-reactive ketones (excluding diaryl/α,β-unsaturated/α-hetero) is 1. The van der Waals surface area contributed by atoms with Crippen molar-refractivity contribution in [1.82, 2.24) is 0 Å². The topological polar surface area (TPSA) is 17.1 Å². The molecule has 0 heterocycles. The lowest BCUT2D eigenvalue weighted by Gasteiger charge is -2.13. The molecule has 0 unspecified atom stereocenters. The van der Waals surface area contributed by atoms with Crippen LogP contribution in [0.4, 0.5) is 22.0 Å². The second kappa shape index (κ2) is 5.65. The van der Waals surface area contributed by atoms with Gasteiger partial charge in [0, 0.05) is 23.4 Å². The summed E-state index contributed by atoms with van der Waals surface area (Å²) in [7, 11) is 0. The predicted octanol–water partition coefficient (Wildman–Crippen LogP) is 4.45. The van der Waals surface area contributed by atoms with Crippen molar-refractivity contribution >= 4 is 17.4 Å². The van der Waals surface area contributed by atoms with Crippen LogP contribution in [0.25, 0.3) is 0 Å². The number of hydrogen-bond acceptors (Lipinski definition) is 1. The Bertz CT molecular complexity index is 442. The number of carbonyl (C=O) groups is 1. The molecule has 0 aliphatic rings. The van der Waals surface area contributed by atoms with E-state index in [9.17, 15) is 26.7 Å². The molecule has 0 bridgehead atoms. The first-order valence-corrected chi connectivity index (χ1v) is 5.39. The van der Waals surface area contributed by atoms with Crippen LogP contribution in [0.1, 0.15) is 34.3 Å². The molecule has 18 heavy (non-hydrogen) atoms. The second-order valence-electron chi connectivity index (χ2n) is 3.46. The minimum absolute atomic E-state index is 0.0449. The summed E-state index contributed by atoms with van der Waals surface area (Å²) >= 11 is 5.29. The summed E-state index contributed by atoms with van der Waals surface area (Å²) in [6.45, 7) is 0. The molecule has 0 saturated carbocycles. The Labute approximate surface area is 105 Å². The third kappa shape index (κ3) is 3.41. The lowest BCUT2D eigenvalue weighted by Crippen LogP contribution is -2.12. The molecule has 0 radical (unpaired) electrons. The maximum Gasteiger partial charge on any atom is 0.416 e. The van der Waals surface area contributed by atoms with E-state index >= 15 is 0 Å². The first kappa shape index (κ1) is 14.9. The molecule has 0 spiro atoms. The molecule has 1 aromatic carbocycles. The van der Waals surface area contributed by atoms with E-state index in [0.29, 0.717) is 12.1 Å². The van der Waals surface area contributed by atoms with Gasteiger partial charge in [0.2, 0.25) is 0 Å². The number of rotatable bonds is 4. The highest BCUT2D eigenvalue weighted by molar-refractivity contribution is 6.19. The van der Waals surface area contributed by atoms with Crippen LogP contribution in [0.3, 0.4) is 0 Å². The van der Waals surface area contributed by atoms with Crippen LogP contribution in [0.15, 0.2) is 18.2 Å². The highest BCUT2D eigenvalue weighted by Crippen LogP contribution is 2.37. The molecule has 0 aliphatic heterocycles. The van der Waals surface area contributed by atoms with E-state index < -0.39 is 29.5 Å². The van der Waals surface area contributed by atoms with Gasteiger partial charge in [-0.2, -0.15) is 13.2 Å². The molecular weight excluding hydrogens is 279 g/mol. The molecule has 1 rings (SSSR count). The molecular formula is C11H8ClF5O. The Hall–Kier alpha value is -1.17. The van der Waals surface area contributed by atoms with Gasteiger partial charge in [0.15, 0.2) is 5.78 Å². The SMILES string of the molecule is O=C(CCCl)c1ccc(C(F)F)c(C(F)(F)F)c1. The van der Waals surface area contributed by atoms with E-state index in [1.165, 1.54) is 0 Å². The molecule has 0 amide bonds. The number of hydrogen-bond donors (Lipinski definition) is 0. The number of halogens is 6. The minimum Gasteiger partial charge on any atom is -0.294 e. The third-order valence-corrected chi connectivity index (χ3v) is 2.43. The van der Waals surface area contributed by atoms with Gasteiger partial charge in [-0.05, 0) is 6.07 Å². The van der Waals surface area contributed by atoms with Crippen molar-refractivity contribution in [3.8, 4) is 0 Å². The first-order chi connectivity index (χ1) is 8.27. The van der Waals surface area contributed by atoms with Gasteiger partial charge in [-0.15, -0.1) is 11.6 Å². The van der Waals surface area contributed by atoms with E-state index in [1.807, 2.05) is 0 Å². The average molecular weight is 287 g/mol. The molecule has 7 heteroatoms. The highest BCUT2D eigenvalue weighted by Gasteiger charge is 2.36. The molecule has 1 nitrogen and oxygen atoms in total. The summed E-state index contributed by atoms with van der Waals surface area (Å²) in [5.74, 6) is -0.659. The van der Waals surface area contributed by atoms with Crippen LogP contribution < -0.4 is 0 Å². The maximum absolute atomic E-state index is 12.6. The fraction of sp³-hybridized carbons (Fsp3) is 0.364. The van der Waals surface area contributed by atoms with Crippen molar-refractivity contribution in [2.45, 2.75) is 19.0 Å². The number of carbonyl (C=O) groups excluding carboxylic acids is 1. The van der Waals surface area contributed by atoms with Gasteiger partial charge in [-0.3, -0.25) is 4.79 Å². The summed E-state index contributed by atoms with van der Waals surface area (Å²) in [6, 6.07) is 2.01. The van der Waals surface area contributed by atoms with Crippen LogP contribution in [0.2, 0.25) is 0 Å². The normalized spacial score (nSPS) is 11.9. The van der Waals surface area contributed by atoms with Gasteiger partial charge in [-0.1, -0.05) is 12.1 Å². The summed E-state index contributed by atoms with van der Waals surface area (Å²) in [5.41, 5.74) is -2.89. The molecule has 0 N–H and O–H groups in total. The summed E-state index contributed by atoms with van der Waals surface area (Å²) < 4.78 is 62.6. The first-order valence-electron chi connectivity index (χ1n) is 4.86. The number of ketones is 1. The largest absolute Gasteiger partial charge is 0.416 e. The summed E-state index contributed by atoms with van der Waals surface area (Å²) in [6.07, 6.45) is -8.32. The Morgan fingerprint density at radius 2 is 1.89 bits per heavy atom. The van der Waals surface area contributed by atoms with Gasteiger partial charge in [0.05, 0.1) is 5.56 Å². The number of benzene rings is 1.